The van der Waals surface area contributed by atoms with Crippen molar-refractivity contribution in [1.29, 1.82) is 0 Å². The highest BCUT2D eigenvalue weighted by Crippen LogP contribution is 2.47. The van der Waals surface area contributed by atoms with E-state index in [0.29, 0.717) is 0 Å². The van der Waals surface area contributed by atoms with E-state index < -0.39 is 0 Å². The molecule has 0 bridgehead atoms. The van der Waals surface area contributed by atoms with E-state index in [-0.39, 0.29) is 10.8 Å². The number of piperidine rings is 1. The van der Waals surface area contributed by atoms with Gasteiger partial charge in [-0.25, -0.2) is 4.98 Å². The van der Waals surface area contributed by atoms with Crippen LogP contribution in [0.5, 0.6) is 0 Å². The third-order valence-electron chi connectivity index (χ3n) is 7.10. The van der Waals surface area contributed by atoms with Crippen LogP contribution in [0.2, 0.25) is 0 Å². The summed E-state index contributed by atoms with van der Waals surface area (Å²) in [4.78, 5) is 7.52. The van der Waals surface area contributed by atoms with Crippen LogP contribution < -0.4 is 4.90 Å². The number of benzene rings is 1. The molecule has 1 aliphatic carbocycles. The fourth-order valence-electron chi connectivity index (χ4n) is 4.82. The van der Waals surface area contributed by atoms with Crippen molar-refractivity contribution in [2.24, 2.45) is 5.92 Å². The maximum absolute atomic E-state index is 5.03. The summed E-state index contributed by atoms with van der Waals surface area (Å²) >= 11 is 1.81. The van der Waals surface area contributed by atoms with Gasteiger partial charge in [-0.15, -0.1) is 11.3 Å². The summed E-state index contributed by atoms with van der Waals surface area (Å²) in [5.74, 6) is 0.909. The van der Waals surface area contributed by atoms with Gasteiger partial charge in [0, 0.05) is 24.0 Å². The van der Waals surface area contributed by atoms with Crippen LogP contribution in [0.1, 0.15) is 77.8 Å². The topological polar surface area (TPSA) is 16.1 Å². The standard InChI is InChI=1S/C24H34N2S/c1-6-17-9-13-26(14-10-17)22-25-21(16-27-22)18-7-8-19-20(15-18)24(4,5)12-11-23(19,2)3/h7-8,15-17H,6,9-14H2,1-5H3. The molecular formula is C24H34N2S. The summed E-state index contributed by atoms with van der Waals surface area (Å²) < 4.78 is 0. The van der Waals surface area contributed by atoms with Crippen LogP contribution in [0, 0.1) is 5.92 Å². The molecular weight excluding hydrogens is 348 g/mol. The second-order valence-electron chi connectivity index (χ2n) is 9.88. The Morgan fingerprint density at radius 3 is 2.37 bits per heavy atom. The van der Waals surface area contributed by atoms with E-state index >= 15 is 0 Å². The maximum Gasteiger partial charge on any atom is 0.185 e. The van der Waals surface area contributed by atoms with Crippen molar-refractivity contribution < 1.29 is 0 Å². The highest BCUT2D eigenvalue weighted by atomic mass is 32.1. The van der Waals surface area contributed by atoms with E-state index in [2.05, 4.69) is 63.1 Å². The van der Waals surface area contributed by atoms with Crippen molar-refractivity contribution in [3.8, 4) is 11.3 Å². The average Bonchev–Trinajstić information content (AvgIpc) is 3.15. The molecule has 0 spiro atoms. The molecule has 2 aliphatic rings. The molecule has 1 saturated heterocycles. The SMILES string of the molecule is CCC1CCN(c2nc(-c3ccc4c(c3)C(C)(C)CCC4(C)C)cs2)CC1. The molecule has 1 aliphatic heterocycles. The number of rotatable bonds is 3. The molecule has 1 aromatic carbocycles. The molecule has 0 N–H and O–H groups in total. The zero-order valence-electron chi connectivity index (χ0n) is 17.6. The number of hydrogen-bond acceptors (Lipinski definition) is 3. The molecule has 0 atom stereocenters. The third-order valence-corrected chi connectivity index (χ3v) is 8.00. The van der Waals surface area contributed by atoms with Crippen LogP contribution in [-0.2, 0) is 10.8 Å². The fourth-order valence-corrected chi connectivity index (χ4v) is 5.71. The minimum atomic E-state index is 0.252. The van der Waals surface area contributed by atoms with Crippen LogP contribution in [0.4, 0.5) is 5.13 Å². The summed E-state index contributed by atoms with van der Waals surface area (Å²) in [6.45, 7) is 14.2. The predicted molar refractivity (Wildman–Crippen MR) is 118 cm³/mol. The number of hydrogen-bond donors (Lipinski definition) is 0. The fraction of sp³-hybridized carbons (Fsp3) is 0.625. The molecule has 2 nitrogen and oxygen atoms in total. The van der Waals surface area contributed by atoms with Gasteiger partial charge in [-0.05, 0) is 59.6 Å². The molecule has 2 aromatic rings. The Morgan fingerprint density at radius 1 is 1.04 bits per heavy atom. The van der Waals surface area contributed by atoms with Gasteiger partial charge in [0.1, 0.15) is 0 Å². The number of nitrogens with zero attached hydrogens (tertiary/aromatic N) is 2. The Labute approximate surface area is 169 Å². The van der Waals surface area contributed by atoms with Gasteiger partial charge in [-0.1, -0.05) is 53.2 Å². The van der Waals surface area contributed by atoms with Gasteiger partial charge < -0.3 is 4.90 Å². The monoisotopic (exact) mass is 382 g/mol. The van der Waals surface area contributed by atoms with E-state index in [4.69, 9.17) is 4.98 Å². The van der Waals surface area contributed by atoms with Gasteiger partial charge in [0.25, 0.3) is 0 Å². The Hall–Kier alpha value is -1.35. The Bertz CT molecular complexity index is 810. The molecule has 3 heteroatoms. The van der Waals surface area contributed by atoms with Crippen molar-refractivity contribution in [3.63, 3.8) is 0 Å². The molecule has 2 heterocycles. The lowest BCUT2D eigenvalue weighted by Gasteiger charge is -2.42. The number of fused-ring (bicyclic) bond motifs is 1. The van der Waals surface area contributed by atoms with Gasteiger partial charge in [-0.2, -0.15) is 0 Å². The summed E-state index contributed by atoms with van der Waals surface area (Å²) in [7, 11) is 0. The van der Waals surface area contributed by atoms with Crippen molar-refractivity contribution in [2.45, 2.75) is 77.6 Å². The van der Waals surface area contributed by atoms with Gasteiger partial charge in [-0.3, -0.25) is 0 Å². The predicted octanol–water partition coefficient (Wildman–Crippen LogP) is 6.79. The van der Waals surface area contributed by atoms with Crippen molar-refractivity contribution in [1.82, 2.24) is 4.98 Å². The van der Waals surface area contributed by atoms with E-state index in [0.717, 1.165) is 24.7 Å². The Morgan fingerprint density at radius 2 is 1.70 bits per heavy atom. The van der Waals surface area contributed by atoms with Gasteiger partial charge in [0.2, 0.25) is 0 Å². The number of anilines is 1. The maximum atomic E-state index is 5.03. The van der Waals surface area contributed by atoms with E-state index in [9.17, 15) is 0 Å². The third kappa shape index (κ3) is 3.55. The molecule has 0 unspecified atom stereocenters. The second-order valence-corrected chi connectivity index (χ2v) is 10.7. The zero-order valence-corrected chi connectivity index (χ0v) is 18.5. The molecule has 0 amide bonds. The summed E-state index contributed by atoms with van der Waals surface area (Å²) in [6, 6.07) is 7.10. The van der Waals surface area contributed by atoms with Crippen LogP contribution in [0.25, 0.3) is 11.3 Å². The lowest BCUT2D eigenvalue weighted by atomic mass is 9.63. The van der Waals surface area contributed by atoms with Gasteiger partial charge >= 0.3 is 0 Å². The van der Waals surface area contributed by atoms with Gasteiger partial charge in [0.15, 0.2) is 5.13 Å². The number of aromatic nitrogens is 1. The molecule has 0 radical (unpaired) electrons. The molecule has 0 saturated carbocycles. The van der Waals surface area contributed by atoms with Crippen LogP contribution in [0.15, 0.2) is 23.6 Å². The highest BCUT2D eigenvalue weighted by Gasteiger charge is 2.37. The normalized spacial score (nSPS) is 21.9. The Balaban J connectivity index is 1.61. The highest BCUT2D eigenvalue weighted by molar-refractivity contribution is 7.14. The summed E-state index contributed by atoms with van der Waals surface area (Å²) in [6.07, 6.45) is 6.46. The first kappa shape index (κ1) is 19.0. The zero-order chi connectivity index (χ0) is 19.2. The van der Waals surface area contributed by atoms with E-state index in [1.807, 2.05) is 11.3 Å². The average molecular weight is 383 g/mol. The Kier molecular flexibility index (Phi) is 4.86. The second kappa shape index (κ2) is 6.92. The van der Waals surface area contributed by atoms with Crippen LogP contribution in [0.3, 0.4) is 0 Å². The van der Waals surface area contributed by atoms with E-state index in [1.54, 1.807) is 0 Å². The smallest absolute Gasteiger partial charge is 0.185 e. The quantitative estimate of drug-likeness (QED) is 0.581. The lowest BCUT2D eigenvalue weighted by molar-refractivity contribution is 0.332. The molecule has 1 aromatic heterocycles. The van der Waals surface area contributed by atoms with Crippen molar-refractivity contribution >= 4 is 16.5 Å². The van der Waals surface area contributed by atoms with Gasteiger partial charge in [0.05, 0.1) is 5.69 Å². The first-order valence-corrected chi connectivity index (χ1v) is 11.5. The number of thiazole rings is 1. The largest absolute Gasteiger partial charge is 0.348 e. The molecule has 27 heavy (non-hydrogen) atoms. The van der Waals surface area contributed by atoms with Crippen molar-refractivity contribution in [2.75, 3.05) is 18.0 Å². The van der Waals surface area contributed by atoms with Crippen LogP contribution >= 0.6 is 11.3 Å². The van der Waals surface area contributed by atoms with E-state index in [1.165, 1.54) is 53.9 Å². The molecule has 4 rings (SSSR count). The lowest BCUT2D eigenvalue weighted by Crippen LogP contribution is -2.33. The molecule has 1 fully saturated rings. The first-order valence-electron chi connectivity index (χ1n) is 10.7. The summed E-state index contributed by atoms with van der Waals surface area (Å²) in [5.41, 5.74) is 6.01. The first-order chi connectivity index (χ1) is 12.8. The summed E-state index contributed by atoms with van der Waals surface area (Å²) in [5, 5.41) is 3.46. The van der Waals surface area contributed by atoms with Crippen molar-refractivity contribution in [3.05, 3.63) is 34.7 Å². The minimum Gasteiger partial charge on any atom is -0.348 e. The minimum absolute atomic E-state index is 0.252. The van der Waals surface area contributed by atoms with Crippen LogP contribution in [-0.4, -0.2) is 18.1 Å². The molecule has 146 valence electrons.